The summed E-state index contributed by atoms with van der Waals surface area (Å²) in [5.41, 5.74) is 2.14. The molecule has 1 aromatic carbocycles. The van der Waals surface area contributed by atoms with E-state index in [4.69, 9.17) is 5.11 Å². The summed E-state index contributed by atoms with van der Waals surface area (Å²) < 4.78 is 0. The average molecular weight is 236 g/mol. The molecule has 0 spiro atoms. The van der Waals surface area contributed by atoms with E-state index in [0.717, 1.165) is 23.8 Å². The molecule has 1 aromatic rings. The summed E-state index contributed by atoms with van der Waals surface area (Å²) in [5, 5.41) is 18.4. The number of rotatable bonds is 6. The zero-order valence-corrected chi connectivity index (χ0v) is 9.72. The van der Waals surface area contributed by atoms with Crippen molar-refractivity contribution in [1.29, 1.82) is 0 Å². The van der Waals surface area contributed by atoms with E-state index in [1.165, 1.54) is 0 Å². The minimum Gasteiger partial charge on any atom is -0.479 e. The van der Waals surface area contributed by atoms with Crippen molar-refractivity contribution in [2.75, 3.05) is 0 Å². The van der Waals surface area contributed by atoms with Crippen molar-refractivity contribution >= 4 is 12.3 Å². The van der Waals surface area contributed by atoms with Gasteiger partial charge in [-0.3, -0.25) is 0 Å². The predicted octanol–water partition coefficient (Wildman–Crippen LogP) is 1.50. The van der Waals surface area contributed by atoms with Crippen LogP contribution in [0.25, 0.3) is 0 Å². The Balaban J connectivity index is 3.17. The molecule has 0 amide bonds. The van der Waals surface area contributed by atoms with Crippen LogP contribution in [0.15, 0.2) is 18.2 Å². The van der Waals surface area contributed by atoms with Crippen molar-refractivity contribution in [1.82, 2.24) is 0 Å². The molecule has 0 aliphatic carbocycles. The van der Waals surface area contributed by atoms with E-state index in [1.807, 2.05) is 13.0 Å². The summed E-state index contributed by atoms with van der Waals surface area (Å²) in [6, 6.07) is 5.21. The molecule has 92 valence electrons. The number of carboxylic acid groups (broad SMARTS) is 1. The number of hydrogen-bond donors (Lipinski definition) is 2. The molecule has 4 nitrogen and oxygen atoms in total. The number of aliphatic hydroxyl groups excluding tert-OH is 1. The fourth-order valence-electron chi connectivity index (χ4n) is 1.88. The number of carbonyl (C=O) groups excluding carboxylic acids is 1. The maximum atomic E-state index is 10.8. The van der Waals surface area contributed by atoms with Gasteiger partial charge in [0.25, 0.3) is 0 Å². The number of aryl methyl sites for hydroxylation is 1. The van der Waals surface area contributed by atoms with Gasteiger partial charge in [0.15, 0.2) is 6.10 Å². The Labute approximate surface area is 99.9 Å². The second-order valence-electron chi connectivity index (χ2n) is 3.78. The van der Waals surface area contributed by atoms with Gasteiger partial charge in [-0.15, -0.1) is 0 Å². The van der Waals surface area contributed by atoms with E-state index < -0.39 is 12.1 Å². The smallest absolute Gasteiger partial charge is 0.337 e. The van der Waals surface area contributed by atoms with Crippen molar-refractivity contribution in [3.05, 3.63) is 34.9 Å². The number of benzene rings is 1. The van der Waals surface area contributed by atoms with Crippen LogP contribution in [0.1, 0.15) is 36.1 Å². The molecule has 17 heavy (non-hydrogen) atoms. The Bertz CT molecular complexity index is 412. The number of aliphatic hydroxyl groups is 1. The third kappa shape index (κ3) is 3.14. The first-order valence-corrected chi connectivity index (χ1v) is 5.57. The SMILES string of the molecule is CCc1cccc(C(O)C(=O)O)c1CCC=O. The topological polar surface area (TPSA) is 74.6 Å². The molecule has 0 fully saturated rings. The van der Waals surface area contributed by atoms with Crippen LogP contribution in [0.3, 0.4) is 0 Å². The summed E-state index contributed by atoms with van der Waals surface area (Å²) in [5.74, 6) is -1.27. The van der Waals surface area contributed by atoms with Crippen LogP contribution in [-0.4, -0.2) is 22.5 Å². The minimum absolute atomic E-state index is 0.330. The van der Waals surface area contributed by atoms with Crippen molar-refractivity contribution < 1.29 is 19.8 Å². The third-order valence-electron chi connectivity index (χ3n) is 2.73. The van der Waals surface area contributed by atoms with Gasteiger partial charge in [0, 0.05) is 6.42 Å². The maximum Gasteiger partial charge on any atom is 0.337 e. The summed E-state index contributed by atoms with van der Waals surface area (Å²) >= 11 is 0. The molecule has 1 unspecified atom stereocenters. The molecule has 0 radical (unpaired) electrons. The molecule has 0 aliphatic heterocycles. The predicted molar refractivity (Wildman–Crippen MR) is 62.8 cm³/mol. The molecule has 0 aliphatic rings. The monoisotopic (exact) mass is 236 g/mol. The van der Waals surface area contributed by atoms with Gasteiger partial charge in [-0.25, -0.2) is 4.79 Å². The highest BCUT2D eigenvalue weighted by Crippen LogP contribution is 2.23. The lowest BCUT2D eigenvalue weighted by atomic mass is 9.92. The third-order valence-corrected chi connectivity index (χ3v) is 2.73. The summed E-state index contributed by atoms with van der Waals surface area (Å²) in [6.45, 7) is 1.96. The van der Waals surface area contributed by atoms with E-state index in [1.54, 1.807) is 12.1 Å². The fraction of sp³-hybridized carbons (Fsp3) is 0.385. The first kappa shape index (κ1) is 13.4. The normalized spacial score (nSPS) is 12.1. The maximum absolute atomic E-state index is 10.8. The van der Waals surface area contributed by atoms with E-state index in [0.29, 0.717) is 18.4 Å². The number of aliphatic carboxylic acids is 1. The lowest BCUT2D eigenvalue weighted by molar-refractivity contribution is -0.147. The number of carbonyl (C=O) groups is 2. The van der Waals surface area contributed by atoms with Crippen LogP contribution >= 0.6 is 0 Å². The Kier molecular flexibility index (Phi) is 4.84. The first-order chi connectivity index (χ1) is 8.11. The van der Waals surface area contributed by atoms with Gasteiger partial charge in [0.2, 0.25) is 0 Å². The van der Waals surface area contributed by atoms with Gasteiger partial charge >= 0.3 is 5.97 Å². The van der Waals surface area contributed by atoms with Crippen LogP contribution in [-0.2, 0) is 22.4 Å². The molecule has 0 saturated carbocycles. The quantitative estimate of drug-likeness (QED) is 0.734. The van der Waals surface area contributed by atoms with Crippen LogP contribution < -0.4 is 0 Å². The molecule has 0 aromatic heterocycles. The van der Waals surface area contributed by atoms with Crippen LogP contribution in [0.2, 0.25) is 0 Å². The molecule has 0 saturated heterocycles. The van der Waals surface area contributed by atoms with Crippen molar-refractivity contribution in [3.63, 3.8) is 0 Å². The van der Waals surface area contributed by atoms with Gasteiger partial charge in [-0.2, -0.15) is 0 Å². The highest BCUT2D eigenvalue weighted by atomic mass is 16.4. The van der Waals surface area contributed by atoms with Crippen LogP contribution in [0.4, 0.5) is 0 Å². The van der Waals surface area contributed by atoms with Crippen molar-refractivity contribution in [2.24, 2.45) is 0 Å². The van der Waals surface area contributed by atoms with Crippen molar-refractivity contribution in [3.8, 4) is 0 Å². The highest BCUT2D eigenvalue weighted by molar-refractivity contribution is 5.75. The average Bonchev–Trinajstić information content (AvgIpc) is 2.34. The van der Waals surface area contributed by atoms with E-state index in [2.05, 4.69) is 0 Å². The standard InChI is InChI=1S/C13H16O4/c1-2-9-5-3-6-11(12(15)13(16)17)10(9)7-4-8-14/h3,5-6,8,12,15H,2,4,7H2,1H3,(H,16,17). The zero-order chi connectivity index (χ0) is 12.8. The van der Waals surface area contributed by atoms with Gasteiger partial charge < -0.3 is 15.0 Å². The molecular formula is C13H16O4. The second-order valence-corrected chi connectivity index (χ2v) is 3.78. The lowest BCUT2D eigenvalue weighted by Gasteiger charge is -2.15. The number of aldehydes is 1. The molecule has 1 rings (SSSR count). The fourth-order valence-corrected chi connectivity index (χ4v) is 1.88. The Morgan fingerprint density at radius 1 is 1.47 bits per heavy atom. The Hall–Kier alpha value is -1.68. The van der Waals surface area contributed by atoms with E-state index in [-0.39, 0.29) is 0 Å². The molecular weight excluding hydrogens is 220 g/mol. The summed E-state index contributed by atoms with van der Waals surface area (Å²) in [4.78, 5) is 21.2. The Morgan fingerprint density at radius 3 is 2.71 bits per heavy atom. The van der Waals surface area contributed by atoms with Crippen molar-refractivity contribution in [2.45, 2.75) is 32.3 Å². The first-order valence-electron chi connectivity index (χ1n) is 5.57. The molecule has 4 heteroatoms. The molecule has 0 bridgehead atoms. The molecule has 1 atom stereocenters. The molecule has 0 heterocycles. The van der Waals surface area contributed by atoms with Gasteiger partial charge in [0.1, 0.15) is 6.29 Å². The number of carboxylic acids is 1. The highest BCUT2D eigenvalue weighted by Gasteiger charge is 2.20. The second kappa shape index (κ2) is 6.15. The minimum atomic E-state index is -1.52. The van der Waals surface area contributed by atoms with Crippen LogP contribution in [0.5, 0.6) is 0 Å². The summed E-state index contributed by atoms with van der Waals surface area (Å²) in [6.07, 6.45) is 0.810. The molecule has 2 N–H and O–H groups in total. The largest absolute Gasteiger partial charge is 0.479 e. The van der Waals surface area contributed by atoms with Crippen LogP contribution in [0, 0.1) is 0 Å². The van der Waals surface area contributed by atoms with Gasteiger partial charge in [0.05, 0.1) is 0 Å². The van der Waals surface area contributed by atoms with Gasteiger partial charge in [-0.1, -0.05) is 25.1 Å². The van der Waals surface area contributed by atoms with Gasteiger partial charge in [-0.05, 0) is 29.5 Å². The van der Waals surface area contributed by atoms with E-state index in [9.17, 15) is 14.7 Å². The lowest BCUT2D eigenvalue weighted by Crippen LogP contribution is -2.14. The van der Waals surface area contributed by atoms with E-state index >= 15 is 0 Å². The number of hydrogen-bond acceptors (Lipinski definition) is 3. The Morgan fingerprint density at radius 2 is 2.18 bits per heavy atom. The summed E-state index contributed by atoms with van der Waals surface area (Å²) in [7, 11) is 0. The zero-order valence-electron chi connectivity index (χ0n) is 9.72.